The second kappa shape index (κ2) is 9.55. The van der Waals surface area contributed by atoms with Gasteiger partial charge in [0.05, 0.1) is 16.8 Å². The smallest absolute Gasteiger partial charge is 0.355 e. The van der Waals surface area contributed by atoms with Crippen molar-refractivity contribution in [3.05, 3.63) is 71.3 Å². The highest BCUT2D eigenvalue weighted by Crippen LogP contribution is 2.36. The van der Waals surface area contributed by atoms with Crippen LogP contribution in [0.3, 0.4) is 0 Å². The highest BCUT2D eigenvalue weighted by molar-refractivity contribution is 6.04. The molecule has 0 spiro atoms. The maximum atomic E-state index is 13.1. The van der Waals surface area contributed by atoms with Gasteiger partial charge in [0, 0.05) is 29.9 Å². The number of aromatic nitrogens is 2. The van der Waals surface area contributed by atoms with Gasteiger partial charge >= 0.3 is 12.4 Å². The van der Waals surface area contributed by atoms with E-state index in [0.29, 0.717) is 23.4 Å². The van der Waals surface area contributed by atoms with Gasteiger partial charge in [0.25, 0.3) is 5.91 Å². The minimum absolute atomic E-state index is 0.0242. The van der Waals surface area contributed by atoms with E-state index in [4.69, 9.17) is 0 Å². The second-order valence-corrected chi connectivity index (χ2v) is 8.15. The molecule has 0 atom stereocenters. The number of benzene rings is 2. The molecule has 2 aromatic carbocycles. The molecule has 1 fully saturated rings. The van der Waals surface area contributed by atoms with E-state index in [1.165, 1.54) is 18.6 Å². The number of carbonyl (C=O) groups excluding carboxylic acids is 1. The Bertz CT molecular complexity index is 1170. The molecule has 1 aromatic heterocycles. The fourth-order valence-corrected chi connectivity index (χ4v) is 3.82. The van der Waals surface area contributed by atoms with Crippen LogP contribution in [0, 0.1) is 0 Å². The molecular weight excluding hydrogens is 474 g/mol. The van der Waals surface area contributed by atoms with Crippen LogP contribution in [-0.2, 0) is 12.4 Å². The van der Waals surface area contributed by atoms with Gasteiger partial charge in [-0.2, -0.15) is 26.3 Å². The first-order valence-electron chi connectivity index (χ1n) is 10.8. The summed E-state index contributed by atoms with van der Waals surface area (Å²) in [5.74, 6) is -0.354. The third kappa shape index (κ3) is 5.90. The van der Waals surface area contributed by atoms with Crippen molar-refractivity contribution in [2.24, 2.45) is 0 Å². The van der Waals surface area contributed by atoms with Crippen LogP contribution in [0.1, 0.15) is 40.7 Å². The number of piperidine rings is 1. The van der Waals surface area contributed by atoms with E-state index < -0.39 is 35.0 Å². The molecule has 1 amide bonds. The summed E-state index contributed by atoms with van der Waals surface area (Å²) >= 11 is 0. The first-order chi connectivity index (χ1) is 16.5. The molecule has 2 heterocycles. The standard InChI is InChI=1S/C24H20F6N4O/c25-23(26,27)17-11-16(12-18(14-17)24(28,29)30)22(35)31-19-6-4-5-15(13-19)20-7-8-21(33-32-20)34-9-2-1-3-10-34/h4-8,11-14H,1-3,9-10H2,(H,31,35). The molecule has 4 rings (SSSR count). The minimum atomic E-state index is -5.05. The van der Waals surface area contributed by atoms with Gasteiger partial charge in [-0.05, 0) is 61.7 Å². The third-order valence-electron chi connectivity index (χ3n) is 5.60. The average molecular weight is 494 g/mol. The van der Waals surface area contributed by atoms with Crippen LogP contribution < -0.4 is 10.2 Å². The molecule has 0 aliphatic carbocycles. The van der Waals surface area contributed by atoms with Crippen molar-refractivity contribution in [2.45, 2.75) is 31.6 Å². The van der Waals surface area contributed by atoms with Crippen LogP contribution in [0.15, 0.2) is 54.6 Å². The number of rotatable bonds is 4. The molecule has 3 aromatic rings. The molecule has 0 radical (unpaired) electrons. The van der Waals surface area contributed by atoms with Gasteiger partial charge < -0.3 is 10.2 Å². The van der Waals surface area contributed by atoms with Gasteiger partial charge in [0.15, 0.2) is 5.82 Å². The summed E-state index contributed by atoms with van der Waals surface area (Å²) in [4.78, 5) is 14.7. The molecule has 0 bridgehead atoms. The van der Waals surface area contributed by atoms with Gasteiger partial charge in [-0.25, -0.2) is 0 Å². The van der Waals surface area contributed by atoms with Crippen molar-refractivity contribution in [3.8, 4) is 11.3 Å². The summed E-state index contributed by atoms with van der Waals surface area (Å²) in [5, 5.41) is 10.8. The predicted molar refractivity (Wildman–Crippen MR) is 118 cm³/mol. The van der Waals surface area contributed by atoms with Crippen molar-refractivity contribution in [3.63, 3.8) is 0 Å². The lowest BCUT2D eigenvalue weighted by atomic mass is 10.0. The van der Waals surface area contributed by atoms with Crippen LogP contribution >= 0.6 is 0 Å². The van der Waals surface area contributed by atoms with Crippen molar-refractivity contribution in [1.82, 2.24) is 10.2 Å². The molecule has 35 heavy (non-hydrogen) atoms. The molecule has 1 aliphatic rings. The number of halogens is 6. The summed E-state index contributed by atoms with van der Waals surface area (Å²) in [7, 11) is 0. The molecule has 1 aliphatic heterocycles. The molecule has 5 nitrogen and oxygen atoms in total. The minimum Gasteiger partial charge on any atom is -0.355 e. The van der Waals surface area contributed by atoms with Gasteiger partial charge in [-0.15, -0.1) is 10.2 Å². The molecule has 184 valence electrons. The summed E-state index contributed by atoms with van der Waals surface area (Å²) in [6.07, 6.45) is -6.74. The van der Waals surface area contributed by atoms with E-state index >= 15 is 0 Å². The fourth-order valence-electron chi connectivity index (χ4n) is 3.82. The van der Waals surface area contributed by atoms with Crippen molar-refractivity contribution < 1.29 is 31.1 Å². The number of nitrogens with one attached hydrogen (secondary N) is 1. The molecule has 0 saturated carbocycles. The zero-order valence-electron chi connectivity index (χ0n) is 18.2. The number of anilines is 2. The second-order valence-electron chi connectivity index (χ2n) is 8.15. The Morgan fingerprint density at radius 1 is 0.800 bits per heavy atom. The maximum absolute atomic E-state index is 13.1. The van der Waals surface area contributed by atoms with E-state index in [9.17, 15) is 31.1 Å². The number of hydrogen-bond donors (Lipinski definition) is 1. The monoisotopic (exact) mass is 494 g/mol. The Labute approximate surface area is 196 Å². The van der Waals surface area contributed by atoms with E-state index in [-0.39, 0.29) is 11.8 Å². The molecular formula is C24H20F6N4O. The third-order valence-corrected chi connectivity index (χ3v) is 5.60. The summed E-state index contributed by atoms with van der Waals surface area (Å²) in [6.45, 7) is 1.81. The Kier molecular flexibility index (Phi) is 6.68. The number of amides is 1. The summed E-state index contributed by atoms with van der Waals surface area (Å²) in [5.41, 5.74) is -2.63. The molecule has 1 saturated heterocycles. The Hall–Kier alpha value is -3.63. The normalized spacial score (nSPS) is 14.6. The SMILES string of the molecule is O=C(Nc1cccc(-c2ccc(N3CCCCC3)nn2)c1)c1cc(C(F)(F)F)cc(C(F)(F)F)c1. The Morgan fingerprint density at radius 2 is 1.46 bits per heavy atom. The van der Waals surface area contributed by atoms with Crippen molar-refractivity contribution in [1.29, 1.82) is 0 Å². The quantitative estimate of drug-likeness (QED) is 0.425. The van der Waals surface area contributed by atoms with E-state index in [2.05, 4.69) is 20.4 Å². The fraction of sp³-hybridized carbons (Fsp3) is 0.292. The number of hydrogen-bond acceptors (Lipinski definition) is 4. The first-order valence-corrected chi connectivity index (χ1v) is 10.8. The predicted octanol–water partition coefficient (Wildman–Crippen LogP) is 6.42. The van der Waals surface area contributed by atoms with E-state index in [0.717, 1.165) is 31.7 Å². The van der Waals surface area contributed by atoms with Gasteiger partial charge in [0.1, 0.15) is 0 Å². The van der Waals surface area contributed by atoms with Gasteiger partial charge in [0.2, 0.25) is 0 Å². The number of carbonyl (C=O) groups is 1. The van der Waals surface area contributed by atoms with Crippen LogP contribution in [-0.4, -0.2) is 29.2 Å². The highest BCUT2D eigenvalue weighted by atomic mass is 19.4. The average Bonchev–Trinajstić information content (AvgIpc) is 2.83. The van der Waals surface area contributed by atoms with E-state index in [1.54, 1.807) is 18.2 Å². The van der Waals surface area contributed by atoms with Gasteiger partial charge in [-0.3, -0.25) is 4.79 Å². The van der Waals surface area contributed by atoms with E-state index in [1.807, 2.05) is 6.07 Å². The maximum Gasteiger partial charge on any atom is 0.416 e. The molecule has 11 heteroatoms. The largest absolute Gasteiger partial charge is 0.416 e. The van der Waals surface area contributed by atoms with Crippen molar-refractivity contribution >= 4 is 17.4 Å². The van der Waals surface area contributed by atoms with Crippen LogP contribution in [0.25, 0.3) is 11.3 Å². The first kappa shape index (κ1) is 24.5. The number of alkyl halides is 6. The summed E-state index contributed by atoms with van der Waals surface area (Å²) < 4.78 is 78.6. The van der Waals surface area contributed by atoms with Crippen LogP contribution in [0.2, 0.25) is 0 Å². The summed E-state index contributed by atoms with van der Waals surface area (Å²) in [6, 6.07) is 10.6. The lowest BCUT2D eigenvalue weighted by Crippen LogP contribution is -2.30. The Balaban J connectivity index is 1.55. The van der Waals surface area contributed by atoms with Crippen LogP contribution in [0.4, 0.5) is 37.8 Å². The lowest BCUT2D eigenvalue weighted by Gasteiger charge is -2.27. The van der Waals surface area contributed by atoms with Crippen molar-refractivity contribution in [2.75, 3.05) is 23.3 Å². The number of nitrogens with zero attached hydrogens (tertiary/aromatic N) is 3. The zero-order valence-corrected chi connectivity index (χ0v) is 18.2. The highest BCUT2D eigenvalue weighted by Gasteiger charge is 2.37. The van der Waals surface area contributed by atoms with Crippen LogP contribution in [0.5, 0.6) is 0 Å². The molecule has 1 N–H and O–H groups in total. The lowest BCUT2D eigenvalue weighted by molar-refractivity contribution is -0.143. The van der Waals surface area contributed by atoms with Gasteiger partial charge in [-0.1, -0.05) is 12.1 Å². The zero-order chi connectivity index (χ0) is 25.2. The molecule has 0 unspecified atom stereocenters. The Morgan fingerprint density at radius 3 is 2.03 bits per heavy atom. The topological polar surface area (TPSA) is 58.1 Å².